The molecular formula is C16H15NO2. The monoisotopic (exact) mass is 253 g/mol. The number of rotatable bonds is 2. The third kappa shape index (κ3) is 1.97. The lowest BCUT2D eigenvalue weighted by atomic mass is 9.96. The number of allylic oxidation sites excluding steroid dienone is 2. The van der Waals surface area contributed by atoms with Gasteiger partial charge in [0, 0.05) is 17.8 Å². The minimum absolute atomic E-state index is 0.266. The second-order valence-electron chi connectivity index (χ2n) is 4.43. The van der Waals surface area contributed by atoms with E-state index in [4.69, 9.17) is 4.74 Å². The van der Waals surface area contributed by atoms with Crippen molar-refractivity contribution in [3.05, 3.63) is 59.3 Å². The lowest BCUT2D eigenvalue weighted by molar-refractivity contribution is -0.139. The molecule has 0 bridgehead atoms. The highest BCUT2D eigenvalue weighted by molar-refractivity contribution is 5.99. The number of esters is 1. The van der Waals surface area contributed by atoms with E-state index in [-0.39, 0.29) is 5.97 Å². The molecule has 0 aromatic heterocycles. The quantitative estimate of drug-likeness (QED) is 0.759. The first kappa shape index (κ1) is 11.8. The number of nitrogens with zero attached hydrogens (tertiary/aromatic N) is 1. The highest BCUT2D eigenvalue weighted by atomic mass is 16.5. The van der Waals surface area contributed by atoms with E-state index in [2.05, 4.69) is 6.07 Å². The van der Waals surface area contributed by atoms with Gasteiger partial charge >= 0.3 is 5.97 Å². The summed E-state index contributed by atoms with van der Waals surface area (Å²) in [6.07, 6.45) is 8.00. The molecule has 0 fully saturated rings. The maximum Gasteiger partial charge on any atom is 0.354 e. The molecule has 0 spiro atoms. The average molecular weight is 253 g/mol. The Balaban J connectivity index is 2.12. The first-order valence-electron chi connectivity index (χ1n) is 6.44. The van der Waals surface area contributed by atoms with E-state index >= 15 is 0 Å². The molecule has 2 aliphatic heterocycles. The van der Waals surface area contributed by atoms with Crippen molar-refractivity contribution in [2.24, 2.45) is 0 Å². The van der Waals surface area contributed by atoms with E-state index in [1.165, 1.54) is 0 Å². The maximum absolute atomic E-state index is 12.1. The Morgan fingerprint density at radius 2 is 2.21 bits per heavy atom. The van der Waals surface area contributed by atoms with Gasteiger partial charge in [0.15, 0.2) is 0 Å². The second kappa shape index (κ2) is 4.76. The largest absolute Gasteiger partial charge is 0.461 e. The summed E-state index contributed by atoms with van der Waals surface area (Å²) in [5.41, 5.74) is 3.88. The molecule has 1 aromatic carbocycles. The molecule has 3 rings (SSSR count). The molecule has 1 aromatic rings. The van der Waals surface area contributed by atoms with Crippen LogP contribution in [0.5, 0.6) is 0 Å². The van der Waals surface area contributed by atoms with Crippen molar-refractivity contribution in [1.82, 2.24) is 4.90 Å². The van der Waals surface area contributed by atoms with Gasteiger partial charge in [-0.2, -0.15) is 0 Å². The van der Waals surface area contributed by atoms with Gasteiger partial charge in [0.05, 0.1) is 6.61 Å². The average Bonchev–Trinajstić information content (AvgIpc) is 2.46. The Morgan fingerprint density at radius 1 is 1.37 bits per heavy atom. The topological polar surface area (TPSA) is 29.5 Å². The standard InChI is InChI=1S/C16H15NO2/c1-2-19-16(18)15-11-12-7-3-4-8-13(12)14-9-5-6-10-17(14)15/h3-9,11H,2,10H2,1H3. The van der Waals surface area contributed by atoms with Crippen LogP contribution < -0.4 is 0 Å². The maximum atomic E-state index is 12.1. The number of benzene rings is 1. The summed E-state index contributed by atoms with van der Waals surface area (Å²) in [5.74, 6) is -0.266. The molecule has 0 radical (unpaired) electrons. The fourth-order valence-corrected chi connectivity index (χ4v) is 2.43. The summed E-state index contributed by atoms with van der Waals surface area (Å²) in [6, 6.07) is 8.09. The third-order valence-electron chi connectivity index (χ3n) is 3.27. The number of hydrogen-bond acceptors (Lipinski definition) is 3. The Bertz CT molecular complexity index is 611. The van der Waals surface area contributed by atoms with Crippen LogP contribution in [-0.4, -0.2) is 24.0 Å². The molecule has 19 heavy (non-hydrogen) atoms. The molecule has 0 atom stereocenters. The first-order valence-corrected chi connectivity index (χ1v) is 6.44. The van der Waals surface area contributed by atoms with Crippen LogP contribution >= 0.6 is 0 Å². The highest BCUT2D eigenvalue weighted by Gasteiger charge is 2.28. The van der Waals surface area contributed by atoms with Crippen LogP contribution in [0.3, 0.4) is 0 Å². The van der Waals surface area contributed by atoms with Crippen LogP contribution in [0.15, 0.2) is 48.2 Å². The summed E-state index contributed by atoms with van der Waals surface area (Å²) in [4.78, 5) is 14.1. The predicted molar refractivity (Wildman–Crippen MR) is 74.9 cm³/mol. The van der Waals surface area contributed by atoms with E-state index in [9.17, 15) is 4.79 Å². The van der Waals surface area contributed by atoms with Gasteiger partial charge in [-0.3, -0.25) is 0 Å². The van der Waals surface area contributed by atoms with Gasteiger partial charge in [-0.1, -0.05) is 36.4 Å². The summed E-state index contributed by atoms with van der Waals surface area (Å²) in [7, 11) is 0. The van der Waals surface area contributed by atoms with E-state index in [0.29, 0.717) is 18.8 Å². The smallest absolute Gasteiger partial charge is 0.354 e. The van der Waals surface area contributed by atoms with E-state index in [1.807, 2.05) is 54.3 Å². The fourth-order valence-electron chi connectivity index (χ4n) is 2.43. The zero-order chi connectivity index (χ0) is 13.2. The number of carbonyl (C=O) groups excluding carboxylic acids is 1. The molecule has 3 nitrogen and oxygen atoms in total. The summed E-state index contributed by atoms with van der Waals surface area (Å²) in [6.45, 7) is 2.91. The lowest BCUT2D eigenvalue weighted by Gasteiger charge is -2.33. The highest BCUT2D eigenvalue weighted by Crippen LogP contribution is 2.35. The lowest BCUT2D eigenvalue weighted by Crippen LogP contribution is -2.31. The molecule has 0 saturated heterocycles. The first-order chi connectivity index (χ1) is 9.31. The number of ether oxygens (including phenoxy) is 1. The van der Waals surface area contributed by atoms with E-state index < -0.39 is 0 Å². The van der Waals surface area contributed by atoms with Crippen LogP contribution in [-0.2, 0) is 9.53 Å². The third-order valence-corrected chi connectivity index (χ3v) is 3.27. The summed E-state index contributed by atoms with van der Waals surface area (Å²) >= 11 is 0. The van der Waals surface area contributed by atoms with Crippen molar-refractivity contribution in [3.63, 3.8) is 0 Å². The molecule has 2 heterocycles. The molecule has 96 valence electrons. The summed E-state index contributed by atoms with van der Waals surface area (Å²) in [5, 5.41) is 0. The van der Waals surface area contributed by atoms with E-state index in [0.717, 1.165) is 16.8 Å². The number of fused-ring (bicyclic) bond motifs is 3. The van der Waals surface area contributed by atoms with Gasteiger partial charge < -0.3 is 9.64 Å². The van der Waals surface area contributed by atoms with E-state index in [1.54, 1.807) is 0 Å². The minimum Gasteiger partial charge on any atom is -0.461 e. The van der Waals surface area contributed by atoms with Gasteiger partial charge in [0.2, 0.25) is 0 Å². The molecule has 0 unspecified atom stereocenters. The second-order valence-corrected chi connectivity index (χ2v) is 4.43. The molecule has 0 saturated carbocycles. The van der Waals surface area contributed by atoms with Gasteiger partial charge in [-0.15, -0.1) is 0 Å². The normalized spacial score (nSPS) is 16.2. The van der Waals surface area contributed by atoms with Crippen molar-refractivity contribution in [2.45, 2.75) is 6.92 Å². The molecule has 0 amide bonds. The van der Waals surface area contributed by atoms with Gasteiger partial charge in [-0.05, 0) is 24.6 Å². The molecule has 0 N–H and O–H groups in total. The number of carbonyl (C=O) groups is 1. The number of hydrogen-bond donors (Lipinski definition) is 0. The van der Waals surface area contributed by atoms with Gasteiger partial charge in [-0.25, -0.2) is 4.79 Å². The Labute approximate surface area is 112 Å². The van der Waals surface area contributed by atoms with Crippen molar-refractivity contribution in [1.29, 1.82) is 0 Å². The van der Waals surface area contributed by atoms with Crippen molar-refractivity contribution < 1.29 is 9.53 Å². The van der Waals surface area contributed by atoms with Gasteiger partial charge in [0.25, 0.3) is 0 Å². The van der Waals surface area contributed by atoms with Crippen LogP contribution in [0.2, 0.25) is 0 Å². The van der Waals surface area contributed by atoms with Crippen LogP contribution in [0.4, 0.5) is 0 Å². The molecule has 3 heteroatoms. The zero-order valence-corrected chi connectivity index (χ0v) is 10.8. The zero-order valence-electron chi connectivity index (χ0n) is 10.8. The Hall–Kier alpha value is -2.29. The molecule has 0 aliphatic carbocycles. The van der Waals surface area contributed by atoms with Crippen molar-refractivity contribution >= 4 is 17.7 Å². The summed E-state index contributed by atoms with van der Waals surface area (Å²) < 4.78 is 5.15. The predicted octanol–water partition coefficient (Wildman–Crippen LogP) is 2.82. The van der Waals surface area contributed by atoms with Crippen molar-refractivity contribution in [3.8, 4) is 0 Å². The fraction of sp³-hybridized carbons (Fsp3) is 0.188. The van der Waals surface area contributed by atoms with Crippen LogP contribution in [0.1, 0.15) is 18.1 Å². The SMILES string of the molecule is CCOC(=O)C1=Cc2ccccc2C2=CC=CCN12. The van der Waals surface area contributed by atoms with Crippen LogP contribution in [0.25, 0.3) is 11.8 Å². The Kier molecular flexibility index (Phi) is 2.95. The molecule has 2 aliphatic rings. The van der Waals surface area contributed by atoms with Crippen LogP contribution in [0, 0.1) is 0 Å². The molecular weight excluding hydrogens is 238 g/mol. The minimum atomic E-state index is -0.266. The Morgan fingerprint density at radius 3 is 3.05 bits per heavy atom. The van der Waals surface area contributed by atoms with Crippen molar-refractivity contribution in [2.75, 3.05) is 13.2 Å². The van der Waals surface area contributed by atoms with Gasteiger partial charge in [0.1, 0.15) is 5.70 Å².